The molecule has 2 aromatic rings. The molecular weight excluding hydrogens is 396 g/mol. The van der Waals surface area contributed by atoms with Gasteiger partial charge in [-0.1, -0.05) is 0 Å². The van der Waals surface area contributed by atoms with Gasteiger partial charge in [-0.15, -0.1) is 0 Å². The van der Waals surface area contributed by atoms with Gasteiger partial charge in [0.2, 0.25) is 0 Å². The highest BCUT2D eigenvalue weighted by Crippen LogP contribution is 2.46. The van der Waals surface area contributed by atoms with E-state index in [1.54, 1.807) is 29.3 Å². The number of hydrogen-bond acceptors (Lipinski definition) is 8. The Hall–Kier alpha value is -3.05. The molecule has 156 valence electrons. The Morgan fingerprint density at radius 1 is 1.07 bits per heavy atom. The molecule has 3 heterocycles. The van der Waals surface area contributed by atoms with Crippen LogP contribution in [-0.2, 0) is 14.5 Å². The number of anilines is 3. The molecule has 3 aliphatic heterocycles. The molecule has 30 heavy (non-hydrogen) atoms. The lowest BCUT2D eigenvalue weighted by Gasteiger charge is -2.38. The summed E-state index contributed by atoms with van der Waals surface area (Å²) in [5.74, 6) is 3.99. The van der Waals surface area contributed by atoms with Crippen molar-refractivity contribution in [3.05, 3.63) is 65.4 Å². The largest absolute Gasteiger partial charge is 0.367 e. The Kier molecular flexibility index (Phi) is 4.63. The number of hydrazine groups is 1. The Morgan fingerprint density at radius 3 is 2.53 bits per heavy atom. The zero-order chi connectivity index (χ0) is 20.8. The SMILES string of the molecule is NN1OC(=O)C2=CN(c3ccc(F)cc3)c3cc(N4CCNCC4)c(F)cc3C2O1. The van der Waals surface area contributed by atoms with E-state index in [-0.39, 0.29) is 11.4 Å². The van der Waals surface area contributed by atoms with E-state index >= 15 is 4.39 Å². The summed E-state index contributed by atoms with van der Waals surface area (Å²) in [5, 5.41) is 3.72. The number of carbonyl (C=O) groups excluding carboxylic acids is 1. The predicted octanol–water partition coefficient (Wildman–Crippen LogP) is 2.03. The third-order valence-corrected chi connectivity index (χ3v) is 5.37. The smallest absolute Gasteiger partial charge is 0.361 e. The summed E-state index contributed by atoms with van der Waals surface area (Å²) in [4.78, 5) is 26.3. The fraction of sp³-hybridized carbons (Fsp3) is 0.250. The van der Waals surface area contributed by atoms with Crippen molar-refractivity contribution < 1.29 is 23.3 Å². The van der Waals surface area contributed by atoms with Crippen LogP contribution in [0.15, 0.2) is 48.2 Å². The maximum absolute atomic E-state index is 15.1. The molecule has 0 bridgehead atoms. The molecule has 2 aromatic carbocycles. The number of nitrogens with two attached hydrogens (primary N) is 1. The Balaban J connectivity index is 1.66. The standard InChI is InChI=1S/C20H19F2N5O3/c21-12-1-3-13(4-2-12)26-11-15-19(29-27(23)30-20(15)28)14-9-16(22)18(10-17(14)26)25-7-5-24-6-8-25/h1-4,9-11,19,24H,5-8,23H2. The number of benzene rings is 2. The van der Waals surface area contributed by atoms with Gasteiger partial charge < -0.3 is 20.0 Å². The van der Waals surface area contributed by atoms with Crippen molar-refractivity contribution in [1.29, 1.82) is 0 Å². The van der Waals surface area contributed by atoms with Crippen molar-refractivity contribution in [3.63, 3.8) is 0 Å². The zero-order valence-corrected chi connectivity index (χ0v) is 15.8. The van der Waals surface area contributed by atoms with E-state index < -0.39 is 17.9 Å². The summed E-state index contributed by atoms with van der Waals surface area (Å²) in [6.45, 7) is 2.83. The van der Waals surface area contributed by atoms with Crippen LogP contribution in [0.25, 0.3) is 0 Å². The van der Waals surface area contributed by atoms with Gasteiger partial charge in [-0.05, 0) is 36.4 Å². The van der Waals surface area contributed by atoms with Crippen LogP contribution in [0.2, 0.25) is 0 Å². The average molecular weight is 415 g/mol. The number of carbonyl (C=O) groups is 1. The third-order valence-electron chi connectivity index (χ3n) is 5.37. The first-order valence-corrected chi connectivity index (χ1v) is 9.51. The normalized spacial score (nSPS) is 21.6. The Labute approximate surface area is 170 Å². The zero-order valence-electron chi connectivity index (χ0n) is 15.8. The number of nitrogens with one attached hydrogen (secondary N) is 1. The number of fused-ring (bicyclic) bond motifs is 3. The first kappa shape index (κ1) is 18.9. The molecule has 0 aromatic heterocycles. The summed E-state index contributed by atoms with van der Waals surface area (Å²) in [7, 11) is 0. The molecule has 10 heteroatoms. The lowest BCUT2D eigenvalue weighted by molar-refractivity contribution is -0.378. The average Bonchev–Trinajstić information content (AvgIpc) is 2.74. The van der Waals surface area contributed by atoms with Crippen molar-refractivity contribution in [2.45, 2.75) is 6.10 Å². The fourth-order valence-corrected chi connectivity index (χ4v) is 3.93. The molecule has 0 radical (unpaired) electrons. The topological polar surface area (TPSA) is 83.3 Å². The summed E-state index contributed by atoms with van der Waals surface area (Å²) in [6, 6.07) is 8.86. The highest BCUT2D eigenvalue weighted by molar-refractivity contribution is 5.94. The molecule has 3 N–H and O–H groups in total. The first-order chi connectivity index (χ1) is 14.5. The van der Waals surface area contributed by atoms with E-state index in [1.165, 1.54) is 18.2 Å². The van der Waals surface area contributed by atoms with Crippen LogP contribution in [0.3, 0.4) is 0 Å². The minimum atomic E-state index is -0.922. The first-order valence-electron chi connectivity index (χ1n) is 9.51. The number of piperazine rings is 1. The predicted molar refractivity (Wildman–Crippen MR) is 104 cm³/mol. The van der Waals surface area contributed by atoms with Crippen LogP contribution in [-0.4, -0.2) is 37.5 Å². The van der Waals surface area contributed by atoms with Gasteiger partial charge in [-0.3, -0.25) is 0 Å². The van der Waals surface area contributed by atoms with Gasteiger partial charge in [0.05, 0.1) is 22.3 Å². The molecule has 0 amide bonds. The highest BCUT2D eigenvalue weighted by atomic mass is 19.1. The van der Waals surface area contributed by atoms with Crippen molar-refractivity contribution in [2.75, 3.05) is 36.0 Å². The molecule has 5 rings (SSSR count). The van der Waals surface area contributed by atoms with Crippen molar-refractivity contribution in [1.82, 2.24) is 10.7 Å². The Morgan fingerprint density at radius 2 is 1.80 bits per heavy atom. The molecule has 2 saturated heterocycles. The second-order valence-corrected chi connectivity index (χ2v) is 7.18. The second-order valence-electron chi connectivity index (χ2n) is 7.18. The van der Waals surface area contributed by atoms with Crippen LogP contribution >= 0.6 is 0 Å². The van der Waals surface area contributed by atoms with E-state index in [4.69, 9.17) is 15.5 Å². The van der Waals surface area contributed by atoms with Gasteiger partial charge in [0.1, 0.15) is 17.7 Å². The number of halogens is 2. The molecular formula is C20H19F2N5O3. The van der Waals surface area contributed by atoms with E-state index in [9.17, 15) is 9.18 Å². The van der Waals surface area contributed by atoms with Gasteiger partial charge in [0.15, 0.2) is 0 Å². The third kappa shape index (κ3) is 3.19. The van der Waals surface area contributed by atoms with Crippen molar-refractivity contribution in [3.8, 4) is 0 Å². The molecule has 2 fully saturated rings. The lowest BCUT2D eigenvalue weighted by atomic mass is 9.94. The summed E-state index contributed by atoms with van der Waals surface area (Å²) < 4.78 is 28.6. The van der Waals surface area contributed by atoms with Crippen LogP contribution < -0.4 is 21.0 Å². The monoisotopic (exact) mass is 415 g/mol. The van der Waals surface area contributed by atoms with Gasteiger partial charge in [0, 0.05) is 43.6 Å². The van der Waals surface area contributed by atoms with Crippen molar-refractivity contribution >= 4 is 23.0 Å². The quantitative estimate of drug-likeness (QED) is 0.721. The van der Waals surface area contributed by atoms with Gasteiger partial charge in [-0.2, -0.15) is 0 Å². The highest BCUT2D eigenvalue weighted by Gasteiger charge is 2.40. The summed E-state index contributed by atoms with van der Waals surface area (Å²) in [6.07, 6.45) is 0.629. The lowest BCUT2D eigenvalue weighted by Crippen LogP contribution is -2.45. The van der Waals surface area contributed by atoms with Gasteiger partial charge in [-0.25, -0.2) is 24.3 Å². The molecule has 1 unspecified atom stereocenters. The molecule has 0 aliphatic carbocycles. The maximum Gasteiger partial charge on any atom is 0.361 e. The molecule has 8 nitrogen and oxygen atoms in total. The summed E-state index contributed by atoms with van der Waals surface area (Å²) in [5.41, 5.74) is 2.23. The second kappa shape index (κ2) is 7.33. The summed E-state index contributed by atoms with van der Waals surface area (Å²) >= 11 is 0. The van der Waals surface area contributed by atoms with E-state index in [0.29, 0.717) is 41.1 Å². The molecule has 1 atom stereocenters. The van der Waals surface area contributed by atoms with Crippen LogP contribution in [0.1, 0.15) is 11.7 Å². The number of hydrogen-bond donors (Lipinski definition) is 2. The minimum absolute atomic E-state index is 0.155. The Bertz CT molecular complexity index is 1020. The van der Waals surface area contributed by atoms with Crippen LogP contribution in [0.4, 0.5) is 25.8 Å². The van der Waals surface area contributed by atoms with Gasteiger partial charge >= 0.3 is 5.97 Å². The van der Waals surface area contributed by atoms with E-state index in [0.717, 1.165) is 13.1 Å². The van der Waals surface area contributed by atoms with Crippen LogP contribution in [0, 0.1) is 11.6 Å². The van der Waals surface area contributed by atoms with Crippen LogP contribution in [0.5, 0.6) is 0 Å². The van der Waals surface area contributed by atoms with Gasteiger partial charge in [0.25, 0.3) is 0 Å². The molecule has 0 spiro atoms. The number of rotatable bonds is 2. The minimum Gasteiger partial charge on any atom is -0.367 e. The fourth-order valence-electron chi connectivity index (χ4n) is 3.93. The maximum atomic E-state index is 15.1. The number of nitrogens with zero attached hydrogens (tertiary/aromatic N) is 3. The van der Waals surface area contributed by atoms with E-state index in [2.05, 4.69) is 5.32 Å². The van der Waals surface area contributed by atoms with E-state index in [1.807, 2.05) is 4.90 Å². The molecule has 3 aliphatic rings. The van der Waals surface area contributed by atoms with Crippen molar-refractivity contribution in [2.24, 2.45) is 5.84 Å². The molecule has 0 saturated carbocycles.